The summed E-state index contributed by atoms with van der Waals surface area (Å²) in [5.74, 6) is -1.25. The Morgan fingerprint density at radius 1 is 0.900 bits per heavy atom. The van der Waals surface area contributed by atoms with Crippen LogP contribution < -0.4 is 10.6 Å². The molecule has 0 fully saturated rings. The van der Waals surface area contributed by atoms with E-state index in [1.54, 1.807) is 36.4 Å². The molecule has 0 saturated carbocycles. The summed E-state index contributed by atoms with van der Waals surface area (Å²) >= 11 is 0. The maximum atomic E-state index is 12.0. The maximum Gasteiger partial charge on any atom is 0.335 e. The number of anilines is 1. The van der Waals surface area contributed by atoms with Crippen molar-refractivity contribution in [3.8, 4) is 0 Å². The monoisotopic (exact) mass is 408 g/mol. The lowest BCUT2D eigenvalue weighted by Gasteiger charge is -2.06. The Morgan fingerprint density at radius 2 is 1.50 bits per heavy atom. The molecule has 30 heavy (non-hydrogen) atoms. The number of carboxylic acids is 1. The fraction of sp³-hybridized carbons (Fsp3) is 0.227. The molecule has 2 rings (SSSR count). The number of hydrogen-bond acceptors (Lipinski definition) is 5. The summed E-state index contributed by atoms with van der Waals surface area (Å²) in [6, 6.07) is 13.0. The zero-order valence-corrected chi connectivity index (χ0v) is 16.5. The van der Waals surface area contributed by atoms with Crippen LogP contribution in [0.15, 0.2) is 71.4 Å². The predicted molar refractivity (Wildman–Crippen MR) is 114 cm³/mol. The molecule has 0 aliphatic heterocycles. The summed E-state index contributed by atoms with van der Waals surface area (Å²) in [6.07, 6.45) is 4.04. The van der Waals surface area contributed by atoms with Crippen LogP contribution in [0.5, 0.6) is 0 Å². The van der Waals surface area contributed by atoms with Gasteiger partial charge >= 0.3 is 5.97 Å². The minimum atomic E-state index is -0.992. The molecule has 0 heterocycles. The van der Waals surface area contributed by atoms with E-state index in [2.05, 4.69) is 27.4 Å². The molecule has 0 aromatic heterocycles. The lowest BCUT2D eigenvalue weighted by atomic mass is 10.2. The first kappa shape index (κ1) is 22.5. The summed E-state index contributed by atoms with van der Waals surface area (Å²) in [4.78, 5) is 33.8. The zero-order valence-electron chi connectivity index (χ0n) is 16.5. The normalized spacial score (nSPS) is 10.5. The molecule has 8 nitrogen and oxygen atoms in total. The molecule has 2 aromatic carbocycles. The quantitative estimate of drug-likeness (QED) is 0.286. The van der Waals surface area contributed by atoms with Gasteiger partial charge in [0.1, 0.15) is 0 Å². The Bertz CT molecular complexity index is 906. The van der Waals surface area contributed by atoms with E-state index in [1.165, 1.54) is 18.2 Å². The van der Waals surface area contributed by atoms with Gasteiger partial charge in [0.2, 0.25) is 11.8 Å². The van der Waals surface area contributed by atoms with Crippen molar-refractivity contribution in [3.05, 3.63) is 66.7 Å². The van der Waals surface area contributed by atoms with Crippen molar-refractivity contribution in [2.75, 3.05) is 11.9 Å². The molecule has 0 saturated heterocycles. The van der Waals surface area contributed by atoms with Crippen LogP contribution in [0.2, 0.25) is 0 Å². The van der Waals surface area contributed by atoms with Crippen molar-refractivity contribution in [1.82, 2.24) is 5.32 Å². The smallest absolute Gasteiger partial charge is 0.335 e. The third kappa shape index (κ3) is 8.05. The first-order valence-electron chi connectivity index (χ1n) is 9.53. The van der Waals surface area contributed by atoms with E-state index < -0.39 is 5.97 Å². The van der Waals surface area contributed by atoms with Gasteiger partial charge in [0, 0.05) is 18.7 Å². The van der Waals surface area contributed by atoms with Crippen LogP contribution in [-0.2, 0) is 9.59 Å². The third-order valence-electron chi connectivity index (χ3n) is 4.11. The second kappa shape index (κ2) is 11.9. The number of nitrogens with one attached hydrogen (secondary N) is 2. The Hall–Kier alpha value is -3.81. The van der Waals surface area contributed by atoms with Gasteiger partial charge in [-0.3, -0.25) is 9.59 Å². The summed E-state index contributed by atoms with van der Waals surface area (Å²) in [7, 11) is 0. The number of carbonyl (C=O) groups excluding carboxylic acids is 2. The van der Waals surface area contributed by atoms with Crippen molar-refractivity contribution in [3.63, 3.8) is 0 Å². The van der Waals surface area contributed by atoms with E-state index in [0.717, 1.165) is 19.3 Å². The van der Waals surface area contributed by atoms with Crippen LogP contribution in [0.25, 0.3) is 0 Å². The number of azo groups is 1. The molecule has 3 N–H and O–H groups in total. The second-order valence-electron chi connectivity index (χ2n) is 6.45. The van der Waals surface area contributed by atoms with Crippen LogP contribution in [0, 0.1) is 0 Å². The van der Waals surface area contributed by atoms with Crippen LogP contribution >= 0.6 is 0 Å². The summed E-state index contributed by atoms with van der Waals surface area (Å²) in [5, 5.41) is 22.6. The number of unbranched alkanes of at least 4 members (excludes halogenated alkanes) is 2. The van der Waals surface area contributed by atoms with Gasteiger partial charge in [-0.1, -0.05) is 13.0 Å². The third-order valence-corrected chi connectivity index (χ3v) is 4.11. The number of hydrogen-bond donors (Lipinski definition) is 3. The van der Waals surface area contributed by atoms with E-state index in [9.17, 15) is 14.4 Å². The summed E-state index contributed by atoms with van der Waals surface area (Å²) in [6.45, 7) is 3.96. The minimum absolute atomic E-state index is 0.0713. The van der Waals surface area contributed by atoms with Gasteiger partial charge < -0.3 is 15.7 Å². The van der Waals surface area contributed by atoms with Crippen molar-refractivity contribution in [1.29, 1.82) is 0 Å². The fourth-order valence-corrected chi connectivity index (χ4v) is 2.49. The highest BCUT2D eigenvalue weighted by Gasteiger charge is 2.03. The largest absolute Gasteiger partial charge is 0.478 e. The van der Waals surface area contributed by atoms with Crippen molar-refractivity contribution in [2.45, 2.75) is 25.7 Å². The van der Waals surface area contributed by atoms with Gasteiger partial charge in [0.15, 0.2) is 0 Å². The Balaban J connectivity index is 1.73. The molecule has 8 heteroatoms. The molecule has 0 aliphatic carbocycles. The summed E-state index contributed by atoms with van der Waals surface area (Å²) < 4.78 is 0. The maximum absolute atomic E-state index is 12.0. The van der Waals surface area contributed by atoms with Gasteiger partial charge in [0.05, 0.1) is 16.9 Å². The molecule has 2 amide bonds. The Kier molecular flexibility index (Phi) is 8.92. The highest BCUT2D eigenvalue weighted by atomic mass is 16.4. The van der Waals surface area contributed by atoms with Gasteiger partial charge in [-0.05, 0) is 67.4 Å². The van der Waals surface area contributed by atoms with E-state index in [4.69, 9.17) is 5.11 Å². The average Bonchev–Trinajstić information content (AvgIpc) is 2.75. The number of aromatic carboxylic acids is 1. The molecule has 156 valence electrons. The van der Waals surface area contributed by atoms with Gasteiger partial charge in [-0.2, -0.15) is 10.2 Å². The SMILES string of the molecule is C=CC(=O)NCCCCCC(=O)Nc1ccc(N=Nc2ccc(C(=O)O)cc2)cc1. The fourth-order valence-electron chi connectivity index (χ4n) is 2.49. The number of benzene rings is 2. The highest BCUT2D eigenvalue weighted by molar-refractivity contribution is 5.90. The number of amides is 2. The minimum Gasteiger partial charge on any atom is -0.478 e. The number of rotatable bonds is 11. The molecular weight excluding hydrogens is 384 g/mol. The zero-order chi connectivity index (χ0) is 21.8. The average molecular weight is 408 g/mol. The lowest BCUT2D eigenvalue weighted by molar-refractivity contribution is -0.117. The molecule has 0 aliphatic rings. The Labute approximate surface area is 174 Å². The number of nitrogens with zero attached hydrogens (tertiary/aromatic N) is 2. The number of carbonyl (C=O) groups is 3. The topological polar surface area (TPSA) is 120 Å². The van der Waals surface area contributed by atoms with Crippen LogP contribution in [0.1, 0.15) is 36.0 Å². The molecule has 0 bridgehead atoms. The highest BCUT2D eigenvalue weighted by Crippen LogP contribution is 2.21. The predicted octanol–water partition coefficient (Wildman–Crippen LogP) is 4.60. The standard InChI is InChI=1S/C22H24N4O4/c1-2-20(27)23-15-5-3-4-6-21(28)24-17-11-13-19(14-12-17)26-25-18-9-7-16(8-10-18)22(29)30/h2,7-14H,1,3-6,15H2,(H,23,27)(H,24,28)(H,29,30). The van der Waals surface area contributed by atoms with Crippen molar-refractivity contribution >= 4 is 34.8 Å². The second-order valence-corrected chi connectivity index (χ2v) is 6.45. The van der Waals surface area contributed by atoms with Crippen LogP contribution in [-0.4, -0.2) is 29.4 Å². The molecule has 0 spiro atoms. The van der Waals surface area contributed by atoms with E-state index in [-0.39, 0.29) is 17.4 Å². The first-order valence-corrected chi connectivity index (χ1v) is 9.53. The van der Waals surface area contributed by atoms with Gasteiger partial charge in [-0.25, -0.2) is 4.79 Å². The number of carboxylic acid groups (broad SMARTS) is 1. The lowest BCUT2D eigenvalue weighted by Crippen LogP contribution is -2.21. The molecular formula is C22H24N4O4. The van der Waals surface area contributed by atoms with E-state index in [1.807, 2.05) is 0 Å². The van der Waals surface area contributed by atoms with E-state index in [0.29, 0.717) is 30.0 Å². The first-order chi connectivity index (χ1) is 14.5. The van der Waals surface area contributed by atoms with Gasteiger partial charge in [-0.15, -0.1) is 0 Å². The molecule has 0 radical (unpaired) electrons. The molecule has 0 atom stereocenters. The summed E-state index contributed by atoms with van der Waals surface area (Å²) in [5.41, 5.74) is 2.01. The van der Waals surface area contributed by atoms with Gasteiger partial charge in [0.25, 0.3) is 0 Å². The van der Waals surface area contributed by atoms with Crippen molar-refractivity contribution < 1.29 is 19.5 Å². The molecule has 0 unspecified atom stereocenters. The van der Waals surface area contributed by atoms with E-state index >= 15 is 0 Å². The van der Waals surface area contributed by atoms with Crippen LogP contribution in [0.3, 0.4) is 0 Å². The molecule has 2 aromatic rings. The Morgan fingerprint density at radius 3 is 2.07 bits per heavy atom. The van der Waals surface area contributed by atoms with Crippen LogP contribution in [0.4, 0.5) is 17.1 Å². The van der Waals surface area contributed by atoms with Crippen molar-refractivity contribution in [2.24, 2.45) is 10.2 Å².